The minimum Gasteiger partial charge on any atom is -0.495 e. The number of benzene rings is 1. The third kappa shape index (κ3) is 7.86. The Morgan fingerprint density at radius 3 is 2.44 bits per heavy atom. The zero-order valence-electron chi connectivity index (χ0n) is 14.6. The predicted octanol–water partition coefficient (Wildman–Crippen LogP) is -0.946. The molecule has 1 rings (SSSR count). The van der Waals surface area contributed by atoms with Crippen LogP contribution in [0.3, 0.4) is 0 Å². The van der Waals surface area contributed by atoms with Gasteiger partial charge in [0.25, 0.3) is 11.8 Å². The lowest BCUT2D eigenvalue weighted by atomic mass is 10.3. The van der Waals surface area contributed by atoms with E-state index in [0.29, 0.717) is 27.9 Å². The number of hydrogen-bond acceptors (Lipinski definition) is 4. The van der Waals surface area contributed by atoms with E-state index in [4.69, 9.17) is 16.3 Å². The van der Waals surface area contributed by atoms with Crippen LogP contribution < -0.4 is 25.6 Å². The van der Waals surface area contributed by atoms with E-state index in [1.165, 1.54) is 7.11 Å². The fraction of sp³-hybridized carbons (Fsp3) is 0.438. The summed E-state index contributed by atoms with van der Waals surface area (Å²) in [6.07, 6.45) is 0. The highest BCUT2D eigenvalue weighted by atomic mass is 35.5. The summed E-state index contributed by atoms with van der Waals surface area (Å²) in [5.41, 5.74) is 0.466. The first-order chi connectivity index (χ1) is 11.8. The minimum atomic E-state index is -0.308. The van der Waals surface area contributed by atoms with Crippen molar-refractivity contribution in [2.75, 3.05) is 45.7 Å². The molecule has 0 aliphatic carbocycles. The first-order valence-electron chi connectivity index (χ1n) is 7.83. The van der Waals surface area contributed by atoms with E-state index in [1.54, 1.807) is 32.2 Å². The lowest BCUT2D eigenvalue weighted by molar-refractivity contribution is -0.862. The lowest BCUT2D eigenvalue weighted by Crippen LogP contribution is -3.11. The Hall–Kier alpha value is -2.32. The summed E-state index contributed by atoms with van der Waals surface area (Å²) in [7, 11) is 3.20. The van der Waals surface area contributed by atoms with Crippen LogP contribution in [-0.4, -0.2) is 58.1 Å². The van der Waals surface area contributed by atoms with E-state index in [9.17, 15) is 14.4 Å². The van der Waals surface area contributed by atoms with Gasteiger partial charge in [-0.1, -0.05) is 11.6 Å². The Balaban J connectivity index is 2.45. The first kappa shape index (κ1) is 20.7. The molecule has 1 aromatic carbocycles. The molecule has 25 heavy (non-hydrogen) atoms. The topological polar surface area (TPSA) is 101 Å². The molecular weight excluding hydrogens is 348 g/mol. The largest absolute Gasteiger partial charge is 0.495 e. The van der Waals surface area contributed by atoms with E-state index in [2.05, 4.69) is 16.0 Å². The second-order valence-electron chi connectivity index (χ2n) is 5.43. The summed E-state index contributed by atoms with van der Waals surface area (Å²) < 4.78 is 5.16. The number of anilines is 1. The molecule has 1 unspecified atom stereocenters. The maximum atomic E-state index is 12.1. The summed E-state index contributed by atoms with van der Waals surface area (Å²) in [5.74, 6) is -0.346. The van der Waals surface area contributed by atoms with Crippen molar-refractivity contribution in [3.05, 3.63) is 23.2 Å². The number of hydrogen-bond donors (Lipinski definition) is 4. The molecule has 0 aliphatic heterocycles. The standard InChI is InChI=1S/C16H23ClN4O4/c1-4-18-14(22)8-19-15(23)9-21(2)10-16(24)20-12-7-11(17)5-6-13(12)25-3/h5-7H,4,8-10H2,1-3H3,(H,18,22)(H,19,23)(H,20,24)/p+1. The Kier molecular flexibility index (Phi) is 8.73. The molecule has 0 saturated carbocycles. The van der Waals surface area contributed by atoms with Crippen LogP contribution in [0.4, 0.5) is 5.69 Å². The number of amides is 3. The van der Waals surface area contributed by atoms with Crippen molar-refractivity contribution in [2.24, 2.45) is 0 Å². The summed E-state index contributed by atoms with van der Waals surface area (Å²) in [4.78, 5) is 35.8. The number of methoxy groups -OCH3 is 1. The van der Waals surface area contributed by atoms with Crippen LogP contribution in [0.15, 0.2) is 18.2 Å². The van der Waals surface area contributed by atoms with E-state index in [-0.39, 0.29) is 37.4 Å². The summed E-state index contributed by atoms with van der Waals surface area (Å²) in [6.45, 7) is 2.37. The number of rotatable bonds is 9. The third-order valence-electron chi connectivity index (χ3n) is 3.18. The van der Waals surface area contributed by atoms with Crippen LogP contribution in [0.2, 0.25) is 5.02 Å². The molecule has 3 amide bonds. The average molecular weight is 372 g/mol. The van der Waals surface area contributed by atoms with Gasteiger partial charge in [-0.05, 0) is 25.1 Å². The number of halogens is 1. The Morgan fingerprint density at radius 2 is 1.80 bits per heavy atom. The fourth-order valence-electron chi connectivity index (χ4n) is 2.08. The van der Waals surface area contributed by atoms with E-state index < -0.39 is 0 Å². The minimum absolute atomic E-state index is 0.0690. The molecular formula is C16H24ClN4O4+. The number of carbonyl (C=O) groups excluding carboxylic acids is 3. The van der Waals surface area contributed by atoms with Crippen LogP contribution >= 0.6 is 11.6 Å². The van der Waals surface area contributed by atoms with Gasteiger partial charge >= 0.3 is 0 Å². The number of ether oxygens (including phenoxy) is 1. The molecule has 0 heterocycles. The molecule has 0 bridgehead atoms. The normalized spacial score (nSPS) is 11.4. The fourth-order valence-corrected chi connectivity index (χ4v) is 2.26. The number of carbonyl (C=O) groups is 3. The number of likely N-dealkylation sites (N-methyl/N-ethyl adjacent to an activating group) is 2. The lowest BCUT2D eigenvalue weighted by Gasteiger charge is -2.15. The Morgan fingerprint density at radius 1 is 1.12 bits per heavy atom. The van der Waals surface area contributed by atoms with Crippen molar-refractivity contribution in [3.8, 4) is 5.75 Å². The molecule has 0 fully saturated rings. The van der Waals surface area contributed by atoms with Crippen LogP contribution in [0.1, 0.15) is 6.92 Å². The van der Waals surface area contributed by atoms with Gasteiger partial charge in [-0.15, -0.1) is 0 Å². The summed E-state index contributed by atoms with van der Waals surface area (Å²) in [6, 6.07) is 4.91. The van der Waals surface area contributed by atoms with Gasteiger partial charge in [0.1, 0.15) is 5.75 Å². The summed E-state index contributed by atoms with van der Waals surface area (Å²) in [5, 5.41) is 8.27. The number of nitrogens with one attached hydrogen (secondary N) is 4. The van der Waals surface area contributed by atoms with E-state index in [1.807, 2.05) is 0 Å². The van der Waals surface area contributed by atoms with Gasteiger partial charge in [-0.2, -0.15) is 0 Å². The average Bonchev–Trinajstić information content (AvgIpc) is 2.53. The second-order valence-corrected chi connectivity index (χ2v) is 5.87. The highest BCUT2D eigenvalue weighted by Crippen LogP contribution is 2.27. The molecule has 4 N–H and O–H groups in total. The van der Waals surface area contributed by atoms with Gasteiger partial charge in [0.05, 0.1) is 26.4 Å². The third-order valence-corrected chi connectivity index (χ3v) is 3.42. The van der Waals surface area contributed by atoms with E-state index in [0.717, 1.165) is 0 Å². The molecule has 9 heteroatoms. The highest BCUT2D eigenvalue weighted by Gasteiger charge is 2.16. The zero-order valence-corrected chi connectivity index (χ0v) is 15.3. The van der Waals surface area contributed by atoms with Crippen molar-refractivity contribution in [3.63, 3.8) is 0 Å². The molecule has 8 nitrogen and oxygen atoms in total. The van der Waals surface area contributed by atoms with Gasteiger partial charge in [0.2, 0.25) is 5.91 Å². The molecule has 0 radical (unpaired) electrons. The van der Waals surface area contributed by atoms with Crippen molar-refractivity contribution in [1.82, 2.24) is 10.6 Å². The van der Waals surface area contributed by atoms with Crippen LogP contribution in [0.5, 0.6) is 5.75 Å². The van der Waals surface area contributed by atoms with Gasteiger partial charge < -0.3 is 25.6 Å². The molecule has 1 atom stereocenters. The Labute approximate surface area is 151 Å². The molecule has 0 spiro atoms. The van der Waals surface area contributed by atoms with Crippen LogP contribution in [0, 0.1) is 0 Å². The highest BCUT2D eigenvalue weighted by molar-refractivity contribution is 6.31. The van der Waals surface area contributed by atoms with Crippen molar-refractivity contribution in [2.45, 2.75) is 6.92 Å². The summed E-state index contributed by atoms with van der Waals surface area (Å²) >= 11 is 5.92. The maximum absolute atomic E-state index is 12.1. The van der Waals surface area contributed by atoms with Crippen LogP contribution in [0.25, 0.3) is 0 Å². The quantitative estimate of drug-likeness (QED) is 0.450. The van der Waals surface area contributed by atoms with E-state index >= 15 is 0 Å². The van der Waals surface area contributed by atoms with Gasteiger partial charge in [-0.25, -0.2) is 0 Å². The molecule has 0 saturated heterocycles. The van der Waals surface area contributed by atoms with Crippen molar-refractivity contribution in [1.29, 1.82) is 0 Å². The van der Waals surface area contributed by atoms with Crippen LogP contribution in [-0.2, 0) is 14.4 Å². The monoisotopic (exact) mass is 371 g/mol. The van der Waals surface area contributed by atoms with Gasteiger partial charge in [0.15, 0.2) is 13.1 Å². The maximum Gasteiger partial charge on any atom is 0.279 e. The SMILES string of the molecule is CCNC(=O)CNC(=O)C[NH+](C)CC(=O)Nc1cc(Cl)ccc1OC. The first-order valence-corrected chi connectivity index (χ1v) is 8.21. The molecule has 1 aromatic rings. The predicted molar refractivity (Wildman–Crippen MR) is 94.9 cm³/mol. The molecule has 0 aromatic heterocycles. The second kappa shape index (κ2) is 10.5. The van der Waals surface area contributed by atoms with Gasteiger partial charge in [-0.3, -0.25) is 14.4 Å². The molecule has 0 aliphatic rings. The molecule has 138 valence electrons. The zero-order chi connectivity index (χ0) is 18.8. The van der Waals surface area contributed by atoms with Crippen molar-refractivity contribution >= 4 is 35.0 Å². The van der Waals surface area contributed by atoms with Gasteiger partial charge in [0, 0.05) is 11.6 Å². The smallest absolute Gasteiger partial charge is 0.279 e. The number of quaternary nitrogens is 1. The van der Waals surface area contributed by atoms with Crippen molar-refractivity contribution < 1.29 is 24.0 Å². The Bertz CT molecular complexity index is 624.